The molecule has 0 spiro atoms. The maximum atomic E-state index is 12.1. The summed E-state index contributed by atoms with van der Waals surface area (Å²) in [5, 5.41) is 19.3. The number of halogens is 1. The first-order valence-electron chi connectivity index (χ1n) is 11.5. The molecule has 1 aromatic carbocycles. The number of hydrogen-bond acceptors (Lipinski definition) is 4. The molecule has 1 saturated carbocycles. The van der Waals surface area contributed by atoms with E-state index in [0.29, 0.717) is 24.7 Å². The Hall–Kier alpha value is -1.55. The van der Waals surface area contributed by atoms with E-state index in [0.717, 1.165) is 25.0 Å². The maximum absolute atomic E-state index is 12.1. The number of guanidine groups is 1. The van der Waals surface area contributed by atoms with Crippen molar-refractivity contribution in [2.75, 3.05) is 32.7 Å². The van der Waals surface area contributed by atoms with Crippen molar-refractivity contribution in [3.8, 4) is 5.75 Å². The highest BCUT2D eigenvalue weighted by Gasteiger charge is 2.27. The molecule has 7 nitrogen and oxygen atoms in total. The predicted molar refractivity (Wildman–Crippen MR) is 136 cm³/mol. The number of piperidine rings is 1. The molecule has 1 aliphatic carbocycles. The molecule has 2 aliphatic rings. The number of hydrogen-bond donors (Lipinski definition) is 4. The minimum absolute atomic E-state index is 0. The van der Waals surface area contributed by atoms with E-state index in [9.17, 15) is 9.90 Å². The zero-order valence-corrected chi connectivity index (χ0v) is 20.9. The first-order chi connectivity index (χ1) is 14.7. The van der Waals surface area contributed by atoms with Crippen LogP contribution in [0.15, 0.2) is 29.3 Å². The number of nitrogens with zero attached hydrogens (tertiary/aromatic N) is 2. The second-order valence-corrected chi connectivity index (χ2v) is 8.31. The van der Waals surface area contributed by atoms with Gasteiger partial charge >= 0.3 is 0 Å². The molecule has 1 saturated heterocycles. The molecule has 1 heterocycles. The summed E-state index contributed by atoms with van der Waals surface area (Å²) in [6.45, 7) is 6.48. The molecule has 174 valence electrons. The molecule has 1 aromatic rings. The van der Waals surface area contributed by atoms with Crippen molar-refractivity contribution < 1.29 is 9.90 Å². The van der Waals surface area contributed by atoms with Crippen LogP contribution in [0.3, 0.4) is 0 Å². The van der Waals surface area contributed by atoms with E-state index < -0.39 is 0 Å². The Morgan fingerprint density at radius 1 is 1.16 bits per heavy atom. The highest BCUT2D eigenvalue weighted by molar-refractivity contribution is 14.0. The smallest absolute Gasteiger partial charge is 0.251 e. The number of phenolic OH excluding ortho intramolecular Hbond substituents is 1. The van der Waals surface area contributed by atoms with Gasteiger partial charge < -0.3 is 26.0 Å². The SMILES string of the molecule is CCNC(=NCCCNC(=O)c1cccc(O)c1)NC1CCN(C2CCCC2)CC1.I. The number of amides is 1. The fraction of sp³-hybridized carbons (Fsp3) is 0.652. The fourth-order valence-corrected chi connectivity index (χ4v) is 4.41. The minimum Gasteiger partial charge on any atom is -0.508 e. The Bertz CT molecular complexity index is 701. The number of aromatic hydroxyl groups is 1. The number of phenols is 1. The van der Waals surface area contributed by atoms with Crippen molar-refractivity contribution in [2.24, 2.45) is 4.99 Å². The largest absolute Gasteiger partial charge is 0.508 e. The number of carbonyl (C=O) groups is 1. The predicted octanol–water partition coefficient (Wildman–Crippen LogP) is 3.09. The van der Waals surface area contributed by atoms with Crippen LogP contribution < -0.4 is 16.0 Å². The molecule has 0 atom stereocenters. The normalized spacial score (nSPS) is 18.4. The van der Waals surface area contributed by atoms with Crippen molar-refractivity contribution in [1.29, 1.82) is 0 Å². The van der Waals surface area contributed by atoms with Crippen LogP contribution >= 0.6 is 24.0 Å². The first kappa shape index (κ1) is 25.7. The van der Waals surface area contributed by atoms with Crippen LogP contribution in [-0.2, 0) is 0 Å². The quantitative estimate of drug-likeness (QED) is 0.175. The van der Waals surface area contributed by atoms with Crippen molar-refractivity contribution in [3.63, 3.8) is 0 Å². The van der Waals surface area contributed by atoms with Crippen LogP contribution in [-0.4, -0.2) is 66.7 Å². The average Bonchev–Trinajstić information content (AvgIpc) is 3.29. The lowest BCUT2D eigenvalue weighted by atomic mass is 10.0. The maximum Gasteiger partial charge on any atom is 0.251 e. The Balaban J connectivity index is 0.00000341. The van der Waals surface area contributed by atoms with Gasteiger partial charge in [-0.05, 0) is 57.2 Å². The number of likely N-dealkylation sites (tertiary alicyclic amines) is 1. The van der Waals surface area contributed by atoms with Crippen LogP contribution in [0, 0.1) is 0 Å². The van der Waals surface area contributed by atoms with E-state index in [-0.39, 0.29) is 35.6 Å². The van der Waals surface area contributed by atoms with E-state index in [2.05, 4.69) is 32.8 Å². The lowest BCUT2D eigenvalue weighted by molar-refractivity contribution is 0.0953. The summed E-state index contributed by atoms with van der Waals surface area (Å²) in [4.78, 5) is 19.5. The van der Waals surface area contributed by atoms with Crippen molar-refractivity contribution in [3.05, 3.63) is 29.8 Å². The lowest BCUT2D eigenvalue weighted by Crippen LogP contribution is -2.50. The monoisotopic (exact) mass is 543 g/mol. The summed E-state index contributed by atoms with van der Waals surface area (Å²) in [5.74, 6) is 0.799. The van der Waals surface area contributed by atoms with Gasteiger partial charge in [-0.1, -0.05) is 18.9 Å². The Kier molecular flexibility index (Phi) is 11.4. The zero-order valence-electron chi connectivity index (χ0n) is 18.6. The van der Waals surface area contributed by atoms with E-state index in [1.807, 2.05) is 0 Å². The van der Waals surface area contributed by atoms with Gasteiger partial charge in [0.15, 0.2) is 5.96 Å². The molecule has 0 radical (unpaired) electrons. The molecule has 31 heavy (non-hydrogen) atoms. The summed E-state index contributed by atoms with van der Waals surface area (Å²) in [6, 6.07) is 7.69. The van der Waals surface area contributed by atoms with Gasteiger partial charge in [0.25, 0.3) is 5.91 Å². The van der Waals surface area contributed by atoms with Gasteiger partial charge in [0.05, 0.1) is 0 Å². The zero-order chi connectivity index (χ0) is 21.2. The van der Waals surface area contributed by atoms with Crippen LogP contribution in [0.1, 0.15) is 62.2 Å². The average molecular weight is 543 g/mol. The van der Waals surface area contributed by atoms with E-state index in [1.165, 1.54) is 57.7 Å². The van der Waals surface area contributed by atoms with Gasteiger partial charge in [0.2, 0.25) is 0 Å². The summed E-state index contributed by atoms with van der Waals surface area (Å²) in [7, 11) is 0. The third-order valence-electron chi connectivity index (χ3n) is 6.05. The van der Waals surface area contributed by atoms with Crippen LogP contribution in [0.2, 0.25) is 0 Å². The minimum atomic E-state index is -0.172. The van der Waals surface area contributed by atoms with Crippen molar-refractivity contribution in [2.45, 2.75) is 64.0 Å². The fourth-order valence-electron chi connectivity index (χ4n) is 4.41. The molecule has 1 amide bonds. The van der Waals surface area contributed by atoms with E-state index in [4.69, 9.17) is 0 Å². The second-order valence-electron chi connectivity index (χ2n) is 8.31. The number of benzene rings is 1. The topological polar surface area (TPSA) is 89.0 Å². The Morgan fingerprint density at radius 3 is 2.58 bits per heavy atom. The van der Waals surface area contributed by atoms with Gasteiger partial charge in [-0.3, -0.25) is 9.79 Å². The number of aliphatic imine (C=N–C) groups is 1. The molecule has 4 N–H and O–H groups in total. The summed E-state index contributed by atoms with van der Waals surface area (Å²) in [6.07, 6.45) is 8.65. The molecule has 0 bridgehead atoms. The lowest BCUT2D eigenvalue weighted by Gasteiger charge is -2.36. The number of carbonyl (C=O) groups excluding carboxylic acids is 1. The van der Waals surface area contributed by atoms with Crippen LogP contribution in [0.4, 0.5) is 0 Å². The molecule has 3 rings (SSSR count). The van der Waals surface area contributed by atoms with E-state index in [1.54, 1.807) is 18.2 Å². The summed E-state index contributed by atoms with van der Waals surface area (Å²) < 4.78 is 0. The third-order valence-corrected chi connectivity index (χ3v) is 6.05. The van der Waals surface area contributed by atoms with Gasteiger partial charge in [-0.25, -0.2) is 0 Å². The highest BCUT2D eigenvalue weighted by Crippen LogP contribution is 2.26. The summed E-state index contributed by atoms with van der Waals surface area (Å²) >= 11 is 0. The number of rotatable bonds is 8. The molecular formula is C23H38IN5O2. The van der Waals surface area contributed by atoms with Crippen LogP contribution in [0.5, 0.6) is 5.75 Å². The Labute approximate surface area is 203 Å². The molecule has 0 aromatic heterocycles. The highest BCUT2D eigenvalue weighted by atomic mass is 127. The third kappa shape index (κ3) is 8.48. The molecule has 2 fully saturated rings. The summed E-state index contributed by atoms with van der Waals surface area (Å²) in [5.41, 5.74) is 0.470. The molecule has 1 aliphatic heterocycles. The van der Waals surface area contributed by atoms with E-state index >= 15 is 0 Å². The second kappa shape index (κ2) is 13.8. The Morgan fingerprint density at radius 2 is 1.90 bits per heavy atom. The first-order valence-corrected chi connectivity index (χ1v) is 11.5. The van der Waals surface area contributed by atoms with Crippen molar-refractivity contribution >= 4 is 35.8 Å². The standard InChI is InChI=1S/C23H37N5O2.HI/c1-2-24-23(27-19-11-15-28(16-12-19)20-8-3-4-9-20)26-14-6-13-25-22(30)18-7-5-10-21(29)17-18;/h5,7,10,17,19-20,29H,2-4,6,8-9,11-16H2,1H3,(H,25,30)(H2,24,26,27);1H. The number of nitrogens with one attached hydrogen (secondary N) is 3. The van der Waals surface area contributed by atoms with Crippen molar-refractivity contribution in [1.82, 2.24) is 20.9 Å². The van der Waals surface area contributed by atoms with Gasteiger partial charge in [-0.15, -0.1) is 24.0 Å². The van der Waals surface area contributed by atoms with Crippen LogP contribution in [0.25, 0.3) is 0 Å². The van der Waals surface area contributed by atoms with Gasteiger partial charge in [0.1, 0.15) is 5.75 Å². The molecule has 0 unspecified atom stereocenters. The molecular weight excluding hydrogens is 505 g/mol. The molecule has 8 heteroatoms. The van der Waals surface area contributed by atoms with Gasteiger partial charge in [0, 0.05) is 50.4 Å². The van der Waals surface area contributed by atoms with Gasteiger partial charge in [-0.2, -0.15) is 0 Å².